The minimum atomic E-state index is 0.546. The molecule has 1 N–H and O–H groups in total. The van der Waals surface area contributed by atoms with Crippen molar-refractivity contribution in [3.63, 3.8) is 0 Å². The normalized spacial score (nSPS) is 10.9. The number of rotatable bonds is 7. The van der Waals surface area contributed by atoms with E-state index in [1.54, 1.807) is 0 Å². The fourth-order valence-electron chi connectivity index (χ4n) is 2.42. The van der Waals surface area contributed by atoms with Gasteiger partial charge in [-0.3, -0.25) is 0 Å². The van der Waals surface area contributed by atoms with E-state index >= 15 is 0 Å². The number of unbranched alkanes of at least 4 members (excludes halogenated alkanes) is 1. The van der Waals surface area contributed by atoms with E-state index in [0.717, 1.165) is 29.7 Å². The third-order valence-corrected chi connectivity index (χ3v) is 3.91. The minimum absolute atomic E-state index is 0.546. The molecule has 0 saturated carbocycles. The van der Waals surface area contributed by atoms with Crippen LogP contribution in [-0.4, -0.2) is 23.6 Å². The summed E-state index contributed by atoms with van der Waals surface area (Å²) in [5.74, 6) is 3.14. The smallest absolute Gasteiger partial charge is 0.136 e. The van der Waals surface area contributed by atoms with E-state index < -0.39 is 0 Å². The van der Waals surface area contributed by atoms with Crippen molar-refractivity contribution in [2.75, 3.05) is 23.8 Å². The lowest BCUT2D eigenvalue weighted by Gasteiger charge is -2.19. The van der Waals surface area contributed by atoms with E-state index in [0.29, 0.717) is 5.92 Å². The molecule has 2 rings (SSSR count). The summed E-state index contributed by atoms with van der Waals surface area (Å²) >= 11 is 0. The van der Waals surface area contributed by atoms with Crippen LogP contribution in [0, 0.1) is 6.92 Å². The topological polar surface area (TPSA) is 41.0 Å². The van der Waals surface area contributed by atoms with Gasteiger partial charge in [-0.15, -0.1) is 0 Å². The van der Waals surface area contributed by atoms with Crippen LogP contribution in [0.5, 0.6) is 0 Å². The van der Waals surface area contributed by atoms with Crippen LogP contribution in [0.15, 0.2) is 30.3 Å². The molecule has 0 aliphatic carbocycles. The highest BCUT2D eigenvalue weighted by molar-refractivity contribution is 5.60. The molecule has 0 radical (unpaired) electrons. The van der Waals surface area contributed by atoms with Crippen LogP contribution >= 0.6 is 0 Å². The number of aromatic nitrogens is 2. The molecule has 0 atom stereocenters. The zero-order valence-electron chi connectivity index (χ0n) is 14.9. The van der Waals surface area contributed by atoms with Crippen molar-refractivity contribution in [1.29, 1.82) is 0 Å². The van der Waals surface area contributed by atoms with Crippen molar-refractivity contribution in [1.82, 2.24) is 9.97 Å². The molecule has 0 bridgehead atoms. The molecule has 0 aliphatic rings. The predicted molar refractivity (Wildman–Crippen MR) is 98.8 cm³/mol. The second-order valence-corrected chi connectivity index (χ2v) is 6.34. The maximum Gasteiger partial charge on any atom is 0.136 e. The highest BCUT2D eigenvalue weighted by Crippen LogP contribution is 2.22. The van der Waals surface area contributed by atoms with Gasteiger partial charge in [0.05, 0.1) is 0 Å². The van der Waals surface area contributed by atoms with Crippen LogP contribution < -0.4 is 10.2 Å². The predicted octanol–water partition coefficient (Wildman–Crippen LogP) is 4.89. The summed E-state index contributed by atoms with van der Waals surface area (Å²) in [7, 11) is 2.08. The van der Waals surface area contributed by atoms with Crippen LogP contribution in [0.1, 0.15) is 50.9 Å². The average Bonchev–Trinajstić information content (AvgIpc) is 2.52. The molecule has 4 heteroatoms. The molecular formula is C19H28N4. The second-order valence-electron chi connectivity index (χ2n) is 6.34. The lowest BCUT2D eigenvalue weighted by molar-refractivity contribution is 0.756. The fourth-order valence-corrected chi connectivity index (χ4v) is 2.42. The molecule has 124 valence electrons. The number of nitrogens with zero attached hydrogens (tertiary/aromatic N) is 3. The Balaban J connectivity index is 2.14. The van der Waals surface area contributed by atoms with Crippen LogP contribution in [0.25, 0.3) is 0 Å². The van der Waals surface area contributed by atoms with Gasteiger partial charge in [-0.25, -0.2) is 9.97 Å². The monoisotopic (exact) mass is 312 g/mol. The first-order valence-electron chi connectivity index (χ1n) is 8.43. The highest BCUT2D eigenvalue weighted by Gasteiger charge is 2.07. The van der Waals surface area contributed by atoms with Gasteiger partial charge in [0.25, 0.3) is 0 Å². The number of aryl methyl sites for hydroxylation is 1. The maximum absolute atomic E-state index is 4.54. The highest BCUT2D eigenvalue weighted by atomic mass is 15.2. The van der Waals surface area contributed by atoms with Gasteiger partial charge < -0.3 is 10.2 Å². The molecule has 23 heavy (non-hydrogen) atoms. The average molecular weight is 312 g/mol. The zero-order valence-corrected chi connectivity index (χ0v) is 14.9. The molecule has 0 spiro atoms. The summed E-state index contributed by atoms with van der Waals surface area (Å²) in [5.41, 5.74) is 2.39. The summed E-state index contributed by atoms with van der Waals surface area (Å²) in [6.07, 6.45) is 2.35. The number of nitrogens with one attached hydrogen (secondary N) is 1. The number of hydrogen-bond donors (Lipinski definition) is 1. The first-order chi connectivity index (χ1) is 11.0. The Bertz CT molecular complexity index is 620. The van der Waals surface area contributed by atoms with Gasteiger partial charge >= 0.3 is 0 Å². The van der Waals surface area contributed by atoms with Crippen LogP contribution in [0.4, 0.5) is 17.3 Å². The molecule has 0 amide bonds. The Morgan fingerprint density at radius 1 is 1.13 bits per heavy atom. The molecule has 1 aromatic carbocycles. The Kier molecular flexibility index (Phi) is 5.97. The number of hydrogen-bond acceptors (Lipinski definition) is 4. The lowest BCUT2D eigenvalue weighted by atomic mass is 10.0. The fraction of sp³-hybridized carbons (Fsp3) is 0.474. The van der Waals surface area contributed by atoms with Crippen LogP contribution in [-0.2, 0) is 0 Å². The zero-order chi connectivity index (χ0) is 16.8. The van der Waals surface area contributed by atoms with E-state index in [4.69, 9.17) is 0 Å². The van der Waals surface area contributed by atoms with E-state index in [9.17, 15) is 0 Å². The van der Waals surface area contributed by atoms with Crippen molar-refractivity contribution in [3.8, 4) is 0 Å². The number of benzene rings is 1. The van der Waals surface area contributed by atoms with E-state index in [2.05, 4.69) is 72.3 Å². The standard InChI is InChI=1S/C19H28N4/c1-6-7-12-23(5)19-13-18(20-15(4)21-19)22-17-10-8-16(9-11-17)14(2)3/h8-11,13-14H,6-7,12H2,1-5H3,(H,20,21,22). The third-order valence-electron chi connectivity index (χ3n) is 3.91. The van der Waals surface area contributed by atoms with Gasteiger partial charge in [-0.2, -0.15) is 0 Å². The molecular weight excluding hydrogens is 284 g/mol. The van der Waals surface area contributed by atoms with Crippen molar-refractivity contribution < 1.29 is 0 Å². The van der Waals surface area contributed by atoms with Gasteiger partial charge in [-0.1, -0.05) is 39.3 Å². The van der Waals surface area contributed by atoms with Crippen molar-refractivity contribution in [2.45, 2.75) is 46.5 Å². The van der Waals surface area contributed by atoms with E-state index in [1.165, 1.54) is 18.4 Å². The molecule has 2 aromatic rings. The van der Waals surface area contributed by atoms with Gasteiger partial charge in [0, 0.05) is 25.3 Å². The largest absolute Gasteiger partial charge is 0.360 e. The minimum Gasteiger partial charge on any atom is -0.360 e. The molecule has 0 saturated heterocycles. The van der Waals surface area contributed by atoms with Gasteiger partial charge in [-0.05, 0) is 37.0 Å². The van der Waals surface area contributed by atoms with Crippen LogP contribution in [0.2, 0.25) is 0 Å². The van der Waals surface area contributed by atoms with Crippen molar-refractivity contribution >= 4 is 17.3 Å². The van der Waals surface area contributed by atoms with E-state index in [-0.39, 0.29) is 0 Å². The Morgan fingerprint density at radius 3 is 2.43 bits per heavy atom. The molecule has 4 nitrogen and oxygen atoms in total. The maximum atomic E-state index is 4.54. The quantitative estimate of drug-likeness (QED) is 0.790. The molecule has 0 unspecified atom stereocenters. The first-order valence-corrected chi connectivity index (χ1v) is 8.43. The van der Waals surface area contributed by atoms with Crippen molar-refractivity contribution in [3.05, 3.63) is 41.7 Å². The summed E-state index contributed by atoms with van der Waals surface area (Å²) in [6.45, 7) is 9.55. The Morgan fingerprint density at radius 2 is 1.83 bits per heavy atom. The summed E-state index contributed by atoms with van der Waals surface area (Å²) in [5, 5.41) is 3.38. The van der Waals surface area contributed by atoms with Crippen LogP contribution in [0.3, 0.4) is 0 Å². The van der Waals surface area contributed by atoms with Gasteiger partial charge in [0.1, 0.15) is 17.5 Å². The number of anilines is 3. The third kappa shape index (κ3) is 4.95. The summed E-state index contributed by atoms with van der Waals surface area (Å²) in [4.78, 5) is 11.2. The molecule has 1 heterocycles. The molecule has 0 aliphatic heterocycles. The van der Waals surface area contributed by atoms with Gasteiger partial charge in [0.15, 0.2) is 0 Å². The second kappa shape index (κ2) is 7.95. The first kappa shape index (κ1) is 17.3. The van der Waals surface area contributed by atoms with Crippen molar-refractivity contribution in [2.24, 2.45) is 0 Å². The summed E-state index contributed by atoms with van der Waals surface area (Å²) in [6, 6.07) is 10.5. The Labute approximate surface area is 140 Å². The molecule has 0 fully saturated rings. The SMILES string of the molecule is CCCCN(C)c1cc(Nc2ccc(C(C)C)cc2)nc(C)n1. The lowest BCUT2D eigenvalue weighted by Crippen LogP contribution is -2.20. The Hall–Kier alpha value is -2.10. The summed E-state index contributed by atoms with van der Waals surface area (Å²) < 4.78 is 0. The van der Waals surface area contributed by atoms with Gasteiger partial charge in [0.2, 0.25) is 0 Å². The van der Waals surface area contributed by atoms with E-state index in [1.807, 2.05) is 13.0 Å². The molecule has 1 aromatic heterocycles.